The number of hydrogen-bond acceptors (Lipinski definition) is 5. The van der Waals surface area contributed by atoms with E-state index in [9.17, 15) is 4.79 Å². The van der Waals surface area contributed by atoms with Gasteiger partial charge in [-0.15, -0.1) is 0 Å². The first kappa shape index (κ1) is 23.1. The molecule has 0 unspecified atom stereocenters. The van der Waals surface area contributed by atoms with Crippen LogP contribution in [0.3, 0.4) is 0 Å². The van der Waals surface area contributed by atoms with Crippen molar-refractivity contribution < 1.29 is 4.79 Å². The summed E-state index contributed by atoms with van der Waals surface area (Å²) in [6.45, 7) is 7.15. The Balaban J connectivity index is 2.00. The number of amides is 2. The Labute approximate surface area is 181 Å². The molecule has 0 aliphatic heterocycles. The van der Waals surface area contributed by atoms with Crippen LogP contribution in [-0.2, 0) is 0 Å². The van der Waals surface area contributed by atoms with Gasteiger partial charge in [0.25, 0.3) is 0 Å². The third-order valence-electron chi connectivity index (χ3n) is 4.17. The van der Waals surface area contributed by atoms with Crippen LogP contribution >= 0.6 is 0 Å². The summed E-state index contributed by atoms with van der Waals surface area (Å²) in [6, 6.07) is 12.3. The Morgan fingerprint density at radius 3 is 2.03 bits per heavy atom. The van der Waals surface area contributed by atoms with Gasteiger partial charge in [0.2, 0.25) is 5.96 Å². The Morgan fingerprint density at radius 1 is 0.871 bits per heavy atom. The highest BCUT2D eigenvalue weighted by molar-refractivity contribution is 6.03. The third kappa shape index (κ3) is 7.28. The number of benzene rings is 2. The SMILES string of the molecule is CC(=N)N/N=C(\C)c1ccc(NC(=O)Nc2ccc(/C(C)=N/NC(=N)N)c(C)c2)cc1. The van der Waals surface area contributed by atoms with Crippen LogP contribution in [0.2, 0.25) is 0 Å². The van der Waals surface area contributed by atoms with E-state index in [1.165, 1.54) is 0 Å². The van der Waals surface area contributed by atoms with Gasteiger partial charge in [0.05, 0.1) is 11.4 Å². The summed E-state index contributed by atoms with van der Waals surface area (Å²) in [4.78, 5) is 12.3. The Hall–Kier alpha value is -4.21. The van der Waals surface area contributed by atoms with Gasteiger partial charge in [-0.2, -0.15) is 10.2 Å². The number of carbonyl (C=O) groups is 1. The van der Waals surface area contributed by atoms with Gasteiger partial charge in [0, 0.05) is 16.9 Å². The fraction of sp³-hybridized carbons (Fsp3) is 0.190. The summed E-state index contributed by atoms with van der Waals surface area (Å²) in [7, 11) is 0. The highest BCUT2D eigenvalue weighted by Crippen LogP contribution is 2.17. The van der Waals surface area contributed by atoms with Gasteiger partial charge in [-0.3, -0.25) is 16.2 Å². The van der Waals surface area contributed by atoms with Crippen LogP contribution < -0.4 is 27.2 Å². The molecule has 2 rings (SSSR count). The van der Waals surface area contributed by atoms with E-state index in [1.807, 2.05) is 38.1 Å². The smallest absolute Gasteiger partial charge is 0.323 e. The number of nitrogens with one attached hydrogen (secondary N) is 6. The zero-order valence-electron chi connectivity index (χ0n) is 17.9. The molecule has 0 atom stereocenters. The van der Waals surface area contributed by atoms with E-state index in [2.05, 4.69) is 31.7 Å². The molecule has 10 nitrogen and oxygen atoms in total. The van der Waals surface area contributed by atoms with Crippen LogP contribution in [0.4, 0.5) is 16.2 Å². The van der Waals surface area contributed by atoms with Crippen molar-refractivity contribution in [2.24, 2.45) is 15.9 Å². The fourth-order valence-electron chi connectivity index (χ4n) is 2.67. The maximum Gasteiger partial charge on any atom is 0.323 e. The van der Waals surface area contributed by atoms with Crippen molar-refractivity contribution >= 4 is 40.6 Å². The molecular formula is C21H27N9O. The number of nitrogens with two attached hydrogens (primary N) is 1. The lowest BCUT2D eigenvalue weighted by Gasteiger charge is -2.11. The minimum Gasteiger partial charge on any atom is -0.369 e. The normalized spacial score (nSPS) is 11.5. The van der Waals surface area contributed by atoms with E-state index in [0.29, 0.717) is 17.1 Å². The average molecular weight is 422 g/mol. The molecule has 0 radical (unpaired) electrons. The molecule has 0 heterocycles. The van der Waals surface area contributed by atoms with Gasteiger partial charge in [-0.1, -0.05) is 18.2 Å². The van der Waals surface area contributed by atoms with E-state index in [0.717, 1.165) is 22.4 Å². The quantitative estimate of drug-likeness (QED) is 0.216. The van der Waals surface area contributed by atoms with Crippen molar-refractivity contribution in [1.82, 2.24) is 10.9 Å². The molecule has 0 aromatic heterocycles. The van der Waals surface area contributed by atoms with Crippen LogP contribution in [0, 0.1) is 17.7 Å². The van der Waals surface area contributed by atoms with Crippen molar-refractivity contribution in [3.63, 3.8) is 0 Å². The molecule has 0 aliphatic carbocycles. The van der Waals surface area contributed by atoms with Gasteiger partial charge in [0.15, 0.2) is 0 Å². The molecule has 162 valence electrons. The lowest BCUT2D eigenvalue weighted by atomic mass is 10.0. The number of anilines is 2. The first-order valence-electron chi connectivity index (χ1n) is 9.45. The van der Waals surface area contributed by atoms with Crippen molar-refractivity contribution in [2.45, 2.75) is 27.7 Å². The van der Waals surface area contributed by atoms with Crippen LogP contribution in [-0.4, -0.2) is 29.2 Å². The number of hydrazone groups is 2. The van der Waals surface area contributed by atoms with Gasteiger partial charge < -0.3 is 16.4 Å². The molecule has 31 heavy (non-hydrogen) atoms. The molecule has 2 aromatic carbocycles. The molecule has 0 aliphatic rings. The molecule has 0 bridgehead atoms. The first-order chi connectivity index (χ1) is 14.7. The minimum absolute atomic E-state index is 0.236. The van der Waals surface area contributed by atoms with E-state index < -0.39 is 0 Å². The number of rotatable bonds is 6. The minimum atomic E-state index is -0.366. The average Bonchev–Trinajstić information content (AvgIpc) is 2.70. The van der Waals surface area contributed by atoms with Gasteiger partial charge in [0.1, 0.15) is 5.84 Å². The molecule has 0 fully saturated rings. The summed E-state index contributed by atoms with van der Waals surface area (Å²) >= 11 is 0. The lowest BCUT2D eigenvalue weighted by Crippen LogP contribution is -2.26. The monoisotopic (exact) mass is 421 g/mol. The third-order valence-corrected chi connectivity index (χ3v) is 4.17. The molecule has 2 amide bonds. The maximum absolute atomic E-state index is 12.3. The molecule has 2 aromatic rings. The second-order valence-electron chi connectivity index (χ2n) is 6.84. The van der Waals surface area contributed by atoms with Crippen LogP contribution in [0.25, 0.3) is 0 Å². The van der Waals surface area contributed by atoms with Crippen LogP contribution in [0.5, 0.6) is 0 Å². The molecule has 10 heteroatoms. The van der Waals surface area contributed by atoms with Crippen molar-refractivity contribution in [3.05, 3.63) is 59.2 Å². The van der Waals surface area contributed by atoms with Crippen molar-refractivity contribution in [1.29, 1.82) is 10.8 Å². The Morgan fingerprint density at radius 2 is 1.45 bits per heavy atom. The van der Waals surface area contributed by atoms with Crippen molar-refractivity contribution in [3.8, 4) is 0 Å². The number of carbonyl (C=O) groups excluding carboxylic acids is 1. The summed E-state index contributed by atoms with van der Waals surface area (Å²) < 4.78 is 0. The zero-order chi connectivity index (χ0) is 23.0. The summed E-state index contributed by atoms with van der Waals surface area (Å²) in [6.07, 6.45) is 0. The number of amidine groups is 1. The standard InChI is InChI=1S/C21H27N9O/c1-12-11-18(9-10-19(12)14(3)28-30-20(23)24)26-21(31)25-17-7-5-16(6-8-17)13(2)27-29-15(4)22/h5-11H,1-4H3,(H2,22,29)(H4,23,24,30)(H2,25,26,31)/b27-13+,28-14+. The second-order valence-corrected chi connectivity index (χ2v) is 6.84. The largest absolute Gasteiger partial charge is 0.369 e. The number of hydrogen-bond donors (Lipinski definition) is 7. The number of aryl methyl sites for hydroxylation is 1. The Kier molecular flexibility index (Phi) is 7.84. The van der Waals surface area contributed by atoms with E-state index in [-0.39, 0.29) is 17.8 Å². The van der Waals surface area contributed by atoms with Gasteiger partial charge in [-0.05, 0) is 63.1 Å². The number of guanidine groups is 1. The molecular weight excluding hydrogens is 394 g/mol. The molecule has 0 saturated heterocycles. The van der Waals surface area contributed by atoms with E-state index in [4.69, 9.17) is 16.6 Å². The molecule has 0 spiro atoms. The zero-order valence-corrected chi connectivity index (χ0v) is 17.9. The van der Waals surface area contributed by atoms with Gasteiger partial charge in [-0.25, -0.2) is 10.2 Å². The Bertz CT molecular complexity index is 1040. The highest BCUT2D eigenvalue weighted by Gasteiger charge is 2.07. The van der Waals surface area contributed by atoms with E-state index in [1.54, 1.807) is 32.0 Å². The summed E-state index contributed by atoms with van der Waals surface area (Å²) in [5, 5.41) is 28.2. The van der Waals surface area contributed by atoms with Gasteiger partial charge >= 0.3 is 6.03 Å². The molecule has 0 saturated carbocycles. The fourth-order valence-corrected chi connectivity index (χ4v) is 2.67. The number of urea groups is 1. The van der Waals surface area contributed by atoms with Crippen LogP contribution in [0.1, 0.15) is 37.5 Å². The topological polar surface area (TPSA) is 164 Å². The van der Waals surface area contributed by atoms with Crippen LogP contribution in [0.15, 0.2) is 52.7 Å². The first-order valence-corrected chi connectivity index (χ1v) is 9.45. The lowest BCUT2D eigenvalue weighted by molar-refractivity contribution is 0.262. The van der Waals surface area contributed by atoms with Crippen molar-refractivity contribution in [2.75, 3.05) is 10.6 Å². The second kappa shape index (κ2) is 10.5. The summed E-state index contributed by atoms with van der Waals surface area (Å²) in [5.41, 5.74) is 15.6. The highest BCUT2D eigenvalue weighted by atomic mass is 16.2. The number of nitrogens with zero attached hydrogens (tertiary/aromatic N) is 2. The molecule has 8 N–H and O–H groups in total. The maximum atomic E-state index is 12.3. The van der Waals surface area contributed by atoms with E-state index >= 15 is 0 Å². The predicted molar refractivity (Wildman–Crippen MR) is 126 cm³/mol. The predicted octanol–water partition coefficient (Wildman–Crippen LogP) is 3.16. The summed E-state index contributed by atoms with van der Waals surface area (Å²) in [5.74, 6) is 0.0216.